The molecule has 0 bridgehead atoms. The minimum Gasteiger partial charge on any atom is -0.352 e. The van der Waals surface area contributed by atoms with Crippen LogP contribution >= 0.6 is 0 Å². The molecule has 0 radical (unpaired) electrons. The first kappa shape index (κ1) is 9.52. The monoisotopic (exact) mass is 170 g/mol. The van der Waals surface area contributed by atoms with Crippen molar-refractivity contribution in [2.45, 2.75) is 45.2 Å². The average Bonchev–Trinajstić information content (AvgIpc) is 2.36. The van der Waals surface area contributed by atoms with Crippen LogP contribution in [0.4, 0.5) is 0 Å². The Morgan fingerprint density at radius 2 is 2.25 bits per heavy atom. The number of carbonyl (C=O) groups is 1. The highest BCUT2D eigenvalue weighted by molar-refractivity contribution is 5.86. The van der Waals surface area contributed by atoms with E-state index in [1.165, 1.54) is 0 Å². The van der Waals surface area contributed by atoms with E-state index in [2.05, 4.69) is 10.6 Å². The third-order valence-electron chi connectivity index (χ3n) is 2.29. The molecule has 1 fully saturated rings. The molecule has 3 heteroatoms. The first-order valence-electron chi connectivity index (χ1n) is 4.60. The van der Waals surface area contributed by atoms with Crippen molar-refractivity contribution in [2.24, 2.45) is 0 Å². The summed E-state index contributed by atoms with van der Waals surface area (Å²) in [5.74, 6) is 0.134. The van der Waals surface area contributed by atoms with Gasteiger partial charge in [0.1, 0.15) is 0 Å². The maximum Gasteiger partial charge on any atom is 0.240 e. The van der Waals surface area contributed by atoms with Crippen LogP contribution in [0.2, 0.25) is 0 Å². The Bertz CT molecular complexity index is 171. The summed E-state index contributed by atoms with van der Waals surface area (Å²) in [5, 5.41) is 6.15. The molecule has 1 saturated heterocycles. The molecule has 0 aromatic carbocycles. The summed E-state index contributed by atoms with van der Waals surface area (Å²) in [4.78, 5) is 11.6. The number of carbonyl (C=O) groups excluding carboxylic acids is 1. The van der Waals surface area contributed by atoms with Gasteiger partial charge in [0.05, 0.1) is 5.54 Å². The second-order valence-electron chi connectivity index (χ2n) is 3.99. The molecule has 0 aromatic heterocycles. The van der Waals surface area contributed by atoms with Gasteiger partial charge in [0, 0.05) is 6.04 Å². The molecule has 3 nitrogen and oxygen atoms in total. The Hall–Kier alpha value is -0.570. The Morgan fingerprint density at radius 3 is 2.67 bits per heavy atom. The number of amides is 1. The first-order chi connectivity index (χ1) is 5.54. The van der Waals surface area contributed by atoms with Gasteiger partial charge in [-0.15, -0.1) is 0 Å². The van der Waals surface area contributed by atoms with Crippen molar-refractivity contribution >= 4 is 5.91 Å². The van der Waals surface area contributed by atoms with Gasteiger partial charge in [0.25, 0.3) is 0 Å². The maximum atomic E-state index is 11.6. The van der Waals surface area contributed by atoms with Gasteiger partial charge in [-0.3, -0.25) is 4.79 Å². The third kappa shape index (κ3) is 1.97. The zero-order valence-corrected chi connectivity index (χ0v) is 8.11. The van der Waals surface area contributed by atoms with Crippen molar-refractivity contribution in [1.82, 2.24) is 10.6 Å². The fourth-order valence-corrected chi connectivity index (χ4v) is 1.51. The predicted octanol–water partition coefficient (Wildman–Crippen LogP) is 0.653. The van der Waals surface area contributed by atoms with Gasteiger partial charge in [-0.1, -0.05) is 0 Å². The van der Waals surface area contributed by atoms with E-state index >= 15 is 0 Å². The van der Waals surface area contributed by atoms with Crippen LogP contribution in [0.25, 0.3) is 0 Å². The molecular formula is C9H18N2O. The Labute approximate surface area is 73.9 Å². The van der Waals surface area contributed by atoms with Crippen LogP contribution in [-0.2, 0) is 4.79 Å². The molecule has 1 aliphatic heterocycles. The van der Waals surface area contributed by atoms with Crippen molar-refractivity contribution in [3.8, 4) is 0 Å². The number of hydrogen-bond donors (Lipinski definition) is 2. The minimum atomic E-state index is -0.315. The highest BCUT2D eigenvalue weighted by atomic mass is 16.2. The van der Waals surface area contributed by atoms with Crippen LogP contribution in [0.15, 0.2) is 0 Å². The molecule has 70 valence electrons. The zero-order chi connectivity index (χ0) is 9.19. The number of rotatable bonds is 2. The second-order valence-corrected chi connectivity index (χ2v) is 3.99. The van der Waals surface area contributed by atoms with Crippen molar-refractivity contribution in [3.63, 3.8) is 0 Å². The molecule has 1 atom stereocenters. The Balaban J connectivity index is 2.50. The minimum absolute atomic E-state index is 0.134. The van der Waals surface area contributed by atoms with Gasteiger partial charge >= 0.3 is 0 Å². The fourth-order valence-electron chi connectivity index (χ4n) is 1.51. The molecule has 0 aromatic rings. The molecule has 12 heavy (non-hydrogen) atoms. The lowest BCUT2D eigenvalue weighted by Gasteiger charge is -2.24. The third-order valence-corrected chi connectivity index (χ3v) is 2.29. The lowest BCUT2D eigenvalue weighted by molar-refractivity contribution is -0.127. The smallest absolute Gasteiger partial charge is 0.240 e. The highest BCUT2D eigenvalue weighted by Crippen LogP contribution is 2.18. The van der Waals surface area contributed by atoms with Crippen molar-refractivity contribution in [1.29, 1.82) is 0 Å². The van der Waals surface area contributed by atoms with Crippen molar-refractivity contribution in [2.75, 3.05) is 6.54 Å². The quantitative estimate of drug-likeness (QED) is 0.639. The van der Waals surface area contributed by atoms with E-state index in [1.54, 1.807) is 0 Å². The summed E-state index contributed by atoms with van der Waals surface area (Å²) in [6.07, 6.45) is 2.05. The number of hydrogen-bond acceptors (Lipinski definition) is 2. The van der Waals surface area contributed by atoms with Gasteiger partial charge in [0.15, 0.2) is 0 Å². The summed E-state index contributed by atoms with van der Waals surface area (Å²) in [6, 6.07) is 0.233. The van der Waals surface area contributed by atoms with E-state index in [4.69, 9.17) is 0 Å². The van der Waals surface area contributed by atoms with Crippen LogP contribution in [0, 0.1) is 0 Å². The lowest BCUT2D eigenvalue weighted by atomic mass is 9.99. The second kappa shape index (κ2) is 3.44. The standard InChI is InChI=1S/C9H18N2O/c1-7(2)11-8(12)9(3)5-4-6-10-9/h7,10H,4-6H2,1-3H3,(H,11,12). The Kier molecular flexibility index (Phi) is 2.73. The van der Waals surface area contributed by atoms with Crippen LogP contribution in [0.5, 0.6) is 0 Å². The highest BCUT2D eigenvalue weighted by Gasteiger charge is 2.35. The molecule has 1 amide bonds. The van der Waals surface area contributed by atoms with E-state index in [0.717, 1.165) is 19.4 Å². The lowest BCUT2D eigenvalue weighted by Crippen LogP contribution is -2.52. The first-order valence-corrected chi connectivity index (χ1v) is 4.60. The molecular weight excluding hydrogens is 152 g/mol. The van der Waals surface area contributed by atoms with Crippen molar-refractivity contribution < 1.29 is 4.79 Å². The Morgan fingerprint density at radius 1 is 1.58 bits per heavy atom. The molecule has 1 rings (SSSR count). The van der Waals surface area contributed by atoms with Crippen LogP contribution in [0.3, 0.4) is 0 Å². The summed E-state index contributed by atoms with van der Waals surface area (Å²) in [5.41, 5.74) is -0.315. The number of nitrogens with one attached hydrogen (secondary N) is 2. The fraction of sp³-hybridized carbons (Fsp3) is 0.889. The SMILES string of the molecule is CC(C)NC(=O)C1(C)CCCN1. The maximum absolute atomic E-state index is 11.6. The molecule has 0 aliphatic carbocycles. The molecule has 2 N–H and O–H groups in total. The van der Waals surface area contributed by atoms with Crippen LogP contribution in [0.1, 0.15) is 33.6 Å². The summed E-state index contributed by atoms with van der Waals surface area (Å²) < 4.78 is 0. The van der Waals surface area contributed by atoms with E-state index in [1.807, 2.05) is 20.8 Å². The molecule has 0 spiro atoms. The molecule has 1 aliphatic rings. The van der Waals surface area contributed by atoms with Gasteiger partial charge in [0.2, 0.25) is 5.91 Å². The van der Waals surface area contributed by atoms with E-state index < -0.39 is 0 Å². The molecule has 0 saturated carbocycles. The van der Waals surface area contributed by atoms with E-state index in [9.17, 15) is 4.79 Å². The predicted molar refractivity (Wildman–Crippen MR) is 48.9 cm³/mol. The largest absolute Gasteiger partial charge is 0.352 e. The summed E-state index contributed by atoms with van der Waals surface area (Å²) >= 11 is 0. The van der Waals surface area contributed by atoms with Gasteiger partial charge in [-0.25, -0.2) is 0 Å². The van der Waals surface area contributed by atoms with Crippen molar-refractivity contribution in [3.05, 3.63) is 0 Å². The van der Waals surface area contributed by atoms with Crippen LogP contribution < -0.4 is 10.6 Å². The normalized spacial score (nSPS) is 29.3. The average molecular weight is 170 g/mol. The zero-order valence-electron chi connectivity index (χ0n) is 8.11. The molecule has 1 heterocycles. The van der Waals surface area contributed by atoms with Gasteiger partial charge in [-0.2, -0.15) is 0 Å². The summed E-state index contributed by atoms with van der Waals surface area (Å²) in [7, 11) is 0. The van der Waals surface area contributed by atoms with E-state index in [-0.39, 0.29) is 17.5 Å². The van der Waals surface area contributed by atoms with Crippen LogP contribution in [-0.4, -0.2) is 24.0 Å². The summed E-state index contributed by atoms with van der Waals surface area (Å²) in [6.45, 7) is 6.89. The van der Waals surface area contributed by atoms with Gasteiger partial charge < -0.3 is 10.6 Å². The van der Waals surface area contributed by atoms with Gasteiger partial charge in [-0.05, 0) is 40.2 Å². The molecule has 1 unspecified atom stereocenters. The van der Waals surface area contributed by atoms with E-state index in [0.29, 0.717) is 0 Å². The topological polar surface area (TPSA) is 41.1 Å².